The normalized spacial score (nSPS) is 29.6. The zero-order valence-electron chi connectivity index (χ0n) is 11.3. The van der Waals surface area contributed by atoms with Gasteiger partial charge in [0, 0.05) is 18.6 Å². The first-order valence-electron chi connectivity index (χ1n) is 6.45. The first-order chi connectivity index (χ1) is 7.72. The number of nitrogens with two attached hydrogens (primary N) is 1. The largest absolute Gasteiger partial charge is 0.371 e. The van der Waals surface area contributed by atoms with Crippen LogP contribution >= 0.6 is 0 Å². The molecule has 0 radical (unpaired) electrons. The van der Waals surface area contributed by atoms with Gasteiger partial charge in [-0.25, -0.2) is 0 Å². The highest BCUT2D eigenvalue weighted by Gasteiger charge is 2.45. The van der Waals surface area contributed by atoms with Crippen LogP contribution in [0.1, 0.15) is 40.5 Å². The van der Waals surface area contributed by atoms with Crippen LogP contribution in [-0.4, -0.2) is 41.6 Å². The van der Waals surface area contributed by atoms with E-state index < -0.39 is 11.0 Å². The highest BCUT2D eigenvalue weighted by molar-refractivity contribution is 5.83. The third kappa shape index (κ3) is 2.20. The molecule has 0 aromatic carbocycles. The Kier molecular flexibility index (Phi) is 2.99. The number of rotatable bonds is 2. The average molecular weight is 240 g/mol. The van der Waals surface area contributed by atoms with Crippen LogP contribution in [0.2, 0.25) is 0 Å². The number of hydrogen-bond acceptors (Lipinski definition) is 3. The van der Waals surface area contributed by atoms with Gasteiger partial charge in [0.15, 0.2) is 0 Å². The fourth-order valence-electron chi connectivity index (χ4n) is 2.45. The number of hydrogen-bond donors (Lipinski definition) is 1. The van der Waals surface area contributed by atoms with Crippen LogP contribution in [0.3, 0.4) is 0 Å². The molecule has 0 aromatic rings. The molecule has 4 nitrogen and oxygen atoms in total. The molecule has 0 saturated carbocycles. The fourth-order valence-corrected chi connectivity index (χ4v) is 2.45. The van der Waals surface area contributed by atoms with Crippen LogP contribution in [-0.2, 0) is 9.53 Å². The van der Waals surface area contributed by atoms with Gasteiger partial charge >= 0.3 is 0 Å². The van der Waals surface area contributed by atoms with Crippen LogP contribution in [0.5, 0.6) is 0 Å². The van der Waals surface area contributed by atoms with E-state index in [1.54, 1.807) is 0 Å². The lowest BCUT2D eigenvalue weighted by Crippen LogP contribution is -2.59. The zero-order chi connectivity index (χ0) is 12.8. The minimum absolute atomic E-state index is 0.158. The second kappa shape index (κ2) is 3.95. The SMILES string of the molecule is CC(C)(N)C(C)(C)C(=O)N1CC2CCC(C1)O2. The summed E-state index contributed by atoms with van der Waals surface area (Å²) in [5.41, 5.74) is 5.08. The molecule has 0 aliphatic carbocycles. The Labute approximate surface area is 103 Å². The molecule has 17 heavy (non-hydrogen) atoms. The maximum absolute atomic E-state index is 12.6. The zero-order valence-corrected chi connectivity index (χ0v) is 11.3. The van der Waals surface area contributed by atoms with Crippen molar-refractivity contribution < 1.29 is 9.53 Å². The summed E-state index contributed by atoms with van der Waals surface area (Å²) < 4.78 is 5.75. The molecule has 2 unspecified atom stereocenters. The van der Waals surface area contributed by atoms with Crippen molar-refractivity contribution >= 4 is 5.91 Å². The van der Waals surface area contributed by atoms with Gasteiger partial charge in [-0.05, 0) is 40.5 Å². The van der Waals surface area contributed by atoms with E-state index in [-0.39, 0.29) is 18.1 Å². The van der Waals surface area contributed by atoms with Gasteiger partial charge in [-0.15, -0.1) is 0 Å². The standard InChI is InChI=1S/C13H24N2O2/c1-12(2,13(3,4)14)11(16)15-7-9-5-6-10(8-15)17-9/h9-10H,5-8,14H2,1-4H3. The molecule has 2 atom stereocenters. The molecule has 2 heterocycles. The van der Waals surface area contributed by atoms with E-state index in [9.17, 15) is 4.79 Å². The van der Waals surface area contributed by atoms with Crippen molar-refractivity contribution in [2.45, 2.75) is 58.3 Å². The molecule has 98 valence electrons. The summed E-state index contributed by atoms with van der Waals surface area (Å²) in [7, 11) is 0. The summed E-state index contributed by atoms with van der Waals surface area (Å²) in [4.78, 5) is 14.5. The molecule has 0 aromatic heterocycles. The van der Waals surface area contributed by atoms with Gasteiger partial charge in [-0.1, -0.05) is 0 Å². The van der Waals surface area contributed by atoms with E-state index in [2.05, 4.69) is 0 Å². The summed E-state index contributed by atoms with van der Waals surface area (Å²) in [6.45, 7) is 9.17. The minimum atomic E-state index is -0.538. The van der Waals surface area contributed by atoms with Gasteiger partial charge in [0.25, 0.3) is 0 Å². The lowest BCUT2D eigenvalue weighted by molar-refractivity contribution is -0.152. The molecule has 2 N–H and O–H groups in total. The van der Waals surface area contributed by atoms with Gasteiger partial charge in [0.2, 0.25) is 5.91 Å². The number of amides is 1. The third-order valence-electron chi connectivity index (χ3n) is 4.48. The quantitative estimate of drug-likeness (QED) is 0.787. The van der Waals surface area contributed by atoms with Crippen LogP contribution in [0.15, 0.2) is 0 Å². The highest BCUT2D eigenvalue weighted by Crippen LogP contribution is 2.34. The van der Waals surface area contributed by atoms with Crippen molar-refractivity contribution in [2.75, 3.05) is 13.1 Å². The molecule has 2 aliphatic rings. The van der Waals surface area contributed by atoms with E-state index in [0.29, 0.717) is 0 Å². The molecule has 0 spiro atoms. The predicted molar refractivity (Wildman–Crippen MR) is 66.5 cm³/mol. The Balaban J connectivity index is 2.10. The summed E-state index contributed by atoms with van der Waals surface area (Å²) in [5, 5.41) is 0. The number of ether oxygens (including phenoxy) is 1. The van der Waals surface area contributed by atoms with E-state index >= 15 is 0 Å². The number of likely N-dealkylation sites (tertiary alicyclic amines) is 1. The van der Waals surface area contributed by atoms with Crippen LogP contribution < -0.4 is 5.73 Å². The topological polar surface area (TPSA) is 55.6 Å². The Morgan fingerprint density at radius 3 is 2.06 bits per heavy atom. The summed E-state index contributed by atoms with van der Waals surface area (Å²) >= 11 is 0. The number of morpholine rings is 1. The van der Waals surface area contributed by atoms with Crippen LogP contribution in [0, 0.1) is 5.41 Å². The molecule has 2 fully saturated rings. The van der Waals surface area contributed by atoms with Gasteiger partial charge < -0.3 is 15.4 Å². The summed E-state index contributed by atoms with van der Waals surface area (Å²) in [5.74, 6) is 0.158. The van der Waals surface area contributed by atoms with E-state index in [1.807, 2.05) is 32.6 Å². The summed E-state index contributed by atoms with van der Waals surface area (Å²) in [6, 6.07) is 0. The van der Waals surface area contributed by atoms with Gasteiger partial charge in [-0.2, -0.15) is 0 Å². The maximum atomic E-state index is 12.6. The van der Waals surface area contributed by atoms with Crippen LogP contribution in [0.4, 0.5) is 0 Å². The van der Waals surface area contributed by atoms with Crippen molar-refractivity contribution in [2.24, 2.45) is 11.1 Å². The first kappa shape index (κ1) is 12.8. The van der Waals surface area contributed by atoms with E-state index in [1.165, 1.54) is 0 Å². The van der Waals surface area contributed by atoms with Crippen molar-refractivity contribution in [3.63, 3.8) is 0 Å². The van der Waals surface area contributed by atoms with Crippen molar-refractivity contribution in [3.05, 3.63) is 0 Å². The second-order valence-corrected chi connectivity index (χ2v) is 6.51. The van der Waals surface area contributed by atoms with E-state index in [4.69, 9.17) is 10.5 Å². The van der Waals surface area contributed by atoms with Crippen molar-refractivity contribution in [3.8, 4) is 0 Å². The third-order valence-corrected chi connectivity index (χ3v) is 4.48. The van der Waals surface area contributed by atoms with E-state index in [0.717, 1.165) is 25.9 Å². The number of nitrogens with zero attached hydrogens (tertiary/aromatic N) is 1. The number of carbonyl (C=O) groups excluding carboxylic acids is 1. The van der Waals surface area contributed by atoms with Crippen LogP contribution in [0.25, 0.3) is 0 Å². The monoisotopic (exact) mass is 240 g/mol. The van der Waals surface area contributed by atoms with Crippen molar-refractivity contribution in [1.82, 2.24) is 4.90 Å². The lowest BCUT2D eigenvalue weighted by Gasteiger charge is -2.43. The van der Waals surface area contributed by atoms with Gasteiger partial charge in [0.05, 0.1) is 17.6 Å². The smallest absolute Gasteiger partial charge is 0.230 e. The molecule has 1 amide bonds. The Bertz CT molecular complexity index is 308. The predicted octanol–water partition coefficient (Wildman–Crippen LogP) is 1.14. The van der Waals surface area contributed by atoms with Gasteiger partial charge in [0.1, 0.15) is 0 Å². The first-order valence-corrected chi connectivity index (χ1v) is 6.45. The van der Waals surface area contributed by atoms with Gasteiger partial charge in [-0.3, -0.25) is 4.79 Å². The average Bonchev–Trinajstić information content (AvgIpc) is 2.55. The second-order valence-electron chi connectivity index (χ2n) is 6.51. The molecule has 2 rings (SSSR count). The molecular formula is C13H24N2O2. The Hall–Kier alpha value is -0.610. The number of fused-ring (bicyclic) bond motifs is 2. The molecular weight excluding hydrogens is 216 g/mol. The maximum Gasteiger partial charge on any atom is 0.230 e. The Morgan fingerprint density at radius 2 is 1.65 bits per heavy atom. The molecule has 2 bridgehead atoms. The lowest BCUT2D eigenvalue weighted by atomic mass is 9.74. The highest BCUT2D eigenvalue weighted by atomic mass is 16.5. The molecule has 2 saturated heterocycles. The minimum Gasteiger partial charge on any atom is -0.371 e. The molecule has 4 heteroatoms. The summed E-state index contributed by atoms with van der Waals surface area (Å²) in [6.07, 6.45) is 2.66. The Morgan fingerprint density at radius 1 is 1.18 bits per heavy atom. The molecule has 2 aliphatic heterocycles. The fraction of sp³-hybridized carbons (Fsp3) is 0.923. The number of carbonyl (C=O) groups is 1. The van der Waals surface area contributed by atoms with Crippen molar-refractivity contribution in [1.29, 1.82) is 0 Å².